The van der Waals surface area contributed by atoms with Crippen molar-refractivity contribution in [3.05, 3.63) is 41.7 Å². The Labute approximate surface area is 156 Å². The molecule has 0 unspecified atom stereocenters. The van der Waals surface area contributed by atoms with Gasteiger partial charge in [0, 0.05) is 29.7 Å². The molecule has 2 saturated heterocycles. The van der Waals surface area contributed by atoms with Crippen LogP contribution < -0.4 is 5.43 Å². The van der Waals surface area contributed by atoms with Crippen molar-refractivity contribution >= 4 is 18.0 Å². The largest absolute Gasteiger partial charge is 0.380 e. The van der Waals surface area contributed by atoms with Crippen LogP contribution in [0.25, 0.3) is 17.6 Å². The van der Waals surface area contributed by atoms with Gasteiger partial charge < -0.3 is 4.74 Å². The molecule has 2 aliphatic rings. The van der Waals surface area contributed by atoms with Crippen molar-refractivity contribution in [1.82, 2.24) is 25.2 Å². The number of benzene rings is 1. The average Bonchev–Trinajstić information content (AvgIpc) is 3.17. The number of hydrogen-bond acceptors (Lipinski definition) is 5. The molecule has 0 aliphatic carbocycles. The van der Waals surface area contributed by atoms with Gasteiger partial charge in [0.05, 0.1) is 19.8 Å². The lowest BCUT2D eigenvalue weighted by Gasteiger charge is -2.36. The van der Waals surface area contributed by atoms with Crippen molar-refractivity contribution in [2.75, 3.05) is 19.8 Å². The van der Waals surface area contributed by atoms with E-state index in [-0.39, 0.29) is 17.2 Å². The lowest BCUT2D eigenvalue weighted by Crippen LogP contribution is -2.48. The minimum absolute atomic E-state index is 0.0853. The maximum atomic E-state index is 12.1. The van der Waals surface area contributed by atoms with Gasteiger partial charge in [0.15, 0.2) is 5.82 Å². The Bertz CT molecular complexity index is 909. The van der Waals surface area contributed by atoms with Gasteiger partial charge >= 0.3 is 0 Å². The molecule has 2 amide bonds. The number of nitrogens with zero attached hydrogens (tertiary/aromatic N) is 4. The van der Waals surface area contributed by atoms with E-state index in [4.69, 9.17) is 4.74 Å². The zero-order chi connectivity index (χ0) is 19.0. The molecule has 2 aliphatic heterocycles. The Hall–Kier alpha value is -3.00. The van der Waals surface area contributed by atoms with Gasteiger partial charge in [-0.15, -0.1) is 5.10 Å². The van der Waals surface area contributed by atoms with Crippen LogP contribution in [0.3, 0.4) is 0 Å². The quantitative estimate of drug-likeness (QED) is 0.823. The summed E-state index contributed by atoms with van der Waals surface area (Å²) in [6, 6.07) is 6.12. The Morgan fingerprint density at radius 3 is 2.63 bits per heavy atom. The summed E-state index contributed by atoms with van der Waals surface area (Å²) in [5, 5.41) is 5.74. The van der Waals surface area contributed by atoms with Crippen LogP contribution in [0.5, 0.6) is 0 Å². The number of amides is 2. The Balaban J connectivity index is 1.39. The van der Waals surface area contributed by atoms with E-state index in [1.807, 2.05) is 26.0 Å². The molecule has 8 heteroatoms. The summed E-state index contributed by atoms with van der Waals surface area (Å²) in [5.74, 6) is 0.121. The molecule has 1 aromatic carbocycles. The van der Waals surface area contributed by atoms with E-state index in [2.05, 4.69) is 21.6 Å². The van der Waals surface area contributed by atoms with Crippen LogP contribution in [0.15, 0.2) is 30.6 Å². The third-order valence-electron chi connectivity index (χ3n) is 4.75. The van der Waals surface area contributed by atoms with E-state index in [0.717, 1.165) is 16.7 Å². The molecule has 140 valence electrons. The monoisotopic (exact) mass is 367 g/mol. The molecular formula is C19H21N5O3. The molecular weight excluding hydrogens is 346 g/mol. The molecule has 1 aromatic heterocycles. The zero-order valence-corrected chi connectivity index (χ0v) is 15.3. The second-order valence-electron chi connectivity index (χ2n) is 7.37. The van der Waals surface area contributed by atoms with Gasteiger partial charge in [0.25, 0.3) is 5.91 Å². The topological polar surface area (TPSA) is 89.4 Å². The Kier molecular flexibility index (Phi) is 4.27. The smallest absolute Gasteiger partial charge is 0.264 e. The van der Waals surface area contributed by atoms with Gasteiger partial charge in [0.2, 0.25) is 5.91 Å². The zero-order valence-electron chi connectivity index (χ0n) is 15.3. The highest BCUT2D eigenvalue weighted by molar-refractivity contribution is 5.92. The summed E-state index contributed by atoms with van der Waals surface area (Å²) in [5.41, 5.74) is 5.70. The number of hydrogen-bond donors (Lipinski definition) is 1. The predicted octanol–water partition coefficient (Wildman–Crippen LogP) is 1.31. The molecule has 27 heavy (non-hydrogen) atoms. The van der Waals surface area contributed by atoms with Crippen LogP contribution in [-0.4, -0.2) is 51.3 Å². The molecule has 0 radical (unpaired) electrons. The van der Waals surface area contributed by atoms with Crippen molar-refractivity contribution in [1.29, 1.82) is 0 Å². The van der Waals surface area contributed by atoms with Gasteiger partial charge in [-0.1, -0.05) is 17.2 Å². The highest BCUT2D eigenvalue weighted by Crippen LogP contribution is 2.37. The van der Waals surface area contributed by atoms with E-state index in [1.54, 1.807) is 6.33 Å². The number of hydrazine groups is 1. The minimum atomic E-state index is -0.385. The van der Waals surface area contributed by atoms with E-state index >= 15 is 0 Å². The molecule has 0 atom stereocenters. The maximum absolute atomic E-state index is 12.1. The summed E-state index contributed by atoms with van der Waals surface area (Å²) >= 11 is 0. The predicted molar refractivity (Wildman–Crippen MR) is 98.0 cm³/mol. The second kappa shape index (κ2) is 6.62. The summed E-state index contributed by atoms with van der Waals surface area (Å²) in [7, 11) is 0. The van der Waals surface area contributed by atoms with E-state index in [0.29, 0.717) is 32.0 Å². The van der Waals surface area contributed by atoms with Crippen molar-refractivity contribution < 1.29 is 14.3 Å². The number of nitrogens with one attached hydrogen (secondary N) is 1. The Morgan fingerprint density at radius 2 is 2.00 bits per heavy atom. The first-order valence-electron chi connectivity index (χ1n) is 8.79. The molecule has 0 bridgehead atoms. The third-order valence-corrected chi connectivity index (χ3v) is 4.75. The molecule has 4 rings (SSSR count). The molecule has 2 aromatic rings. The standard InChI is InChI=1S/C19H21N5O3/c1-13-5-14(2)7-15(6-13)18-20-12-23(22-18)4-3-16(25)21-24-9-19(8-17(24)26)10-27-11-19/h3-7,12H,8-11H2,1-2H3,(H,21,25)/b4-3-. The summed E-state index contributed by atoms with van der Waals surface area (Å²) in [4.78, 5) is 28.4. The molecule has 1 N–H and O–H groups in total. The minimum Gasteiger partial charge on any atom is -0.380 e. The van der Waals surface area contributed by atoms with Crippen molar-refractivity contribution in [3.8, 4) is 11.4 Å². The van der Waals surface area contributed by atoms with Gasteiger partial charge in [-0.25, -0.2) is 9.67 Å². The second-order valence-corrected chi connectivity index (χ2v) is 7.37. The van der Waals surface area contributed by atoms with Crippen molar-refractivity contribution in [3.63, 3.8) is 0 Å². The highest BCUT2D eigenvalue weighted by Gasteiger charge is 2.49. The van der Waals surface area contributed by atoms with Crippen LogP contribution in [0.2, 0.25) is 0 Å². The SMILES string of the molecule is Cc1cc(C)cc(-c2ncn(/C=C\C(=O)NN3CC4(COC4)CC3=O)n2)c1. The fraction of sp³-hybridized carbons (Fsp3) is 0.368. The highest BCUT2D eigenvalue weighted by atomic mass is 16.5. The maximum Gasteiger partial charge on any atom is 0.264 e. The number of carbonyl (C=O) groups is 2. The Morgan fingerprint density at radius 1 is 1.26 bits per heavy atom. The number of aryl methyl sites for hydroxylation is 2. The van der Waals surface area contributed by atoms with Crippen LogP contribution in [0.1, 0.15) is 17.5 Å². The summed E-state index contributed by atoms with van der Waals surface area (Å²) < 4.78 is 6.67. The van der Waals surface area contributed by atoms with Gasteiger partial charge in [-0.2, -0.15) is 0 Å². The first kappa shape index (κ1) is 17.4. The number of rotatable bonds is 4. The van der Waals surface area contributed by atoms with Gasteiger partial charge in [0.1, 0.15) is 6.33 Å². The fourth-order valence-electron chi connectivity index (χ4n) is 3.48. The normalized spacial score (nSPS) is 18.3. The van der Waals surface area contributed by atoms with Crippen LogP contribution in [0, 0.1) is 19.3 Å². The average molecular weight is 367 g/mol. The van der Waals surface area contributed by atoms with Crippen molar-refractivity contribution in [2.45, 2.75) is 20.3 Å². The lowest BCUT2D eigenvalue weighted by atomic mass is 9.85. The van der Waals surface area contributed by atoms with E-state index in [1.165, 1.54) is 22.0 Å². The molecule has 2 fully saturated rings. The number of aromatic nitrogens is 3. The molecule has 8 nitrogen and oxygen atoms in total. The van der Waals surface area contributed by atoms with Crippen LogP contribution >= 0.6 is 0 Å². The first-order valence-corrected chi connectivity index (χ1v) is 8.79. The van der Waals surface area contributed by atoms with E-state index in [9.17, 15) is 9.59 Å². The first-order chi connectivity index (χ1) is 12.9. The molecule has 0 saturated carbocycles. The van der Waals surface area contributed by atoms with Gasteiger partial charge in [-0.3, -0.25) is 20.0 Å². The third kappa shape index (κ3) is 3.61. The van der Waals surface area contributed by atoms with Crippen LogP contribution in [-0.2, 0) is 14.3 Å². The van der Waals surface area contributed by atoms with Gasteiger partial charge in [-0.05, 0) is 26.0 Å². The fourth-order valence-corrected chi connectivity index (χ4v) is 3.48. The van der Waals surface area contributed by atoms with E-state index < -0.39 is 0 Å². The molecule has 3 heterocycles. The summed E-state index contributed by atoms with van der Waals surface area (Å²) in [6.45, 7) is 5.68. The summed E-state index contributed by atoms with van der Waals surface area (Å²) in [6.07, 6.45) is 4.80. The lowest BCUT2D eigenvalue weighted by molar-refractivity contribution is -0.136. The number of ether oxygens (including phenoxy) is 1. The van der Waals surface area contributed by atoms with Crippen molar-refractivity contribution in [2.24, 2.45) is 5.41 Å². The molecule has 1 spiro atoms. The number of carbonyl (C=O) groups excluding carboxylic acids is 2. The van der Waals surface area contributed by atoms with Crippen LogP contribution in [0.4, 0.5) is 0 Å².